The van der Waals surface area contributed by atoms with Gasteiger partial charge in [0.25, 0.3) is 0 Å². The van der Waals surface area contributed by atoms with E-state index in [0.29, 0.717) is 11.1 Å². The second-order valence-electron chi connectivity index (χ2n) is 3.45. The van der Waals surface area contributed by atoms with Crippen molar-refractivity contribution >= 4 is 23.1 Å². The highest BCUT2D eigenvalue weighted by Crippen LogP contribution is 2.26. The zero-order valence-electron chi connectivity index (χ0n) is 8.76. The highest BCUT2D eigenvalue weighted by Gasteiger charge is 2.11. The van der Waals surface area contributed by atoms with Crippen molar-refractivity contribution in [2.75, 3.05) is 0 Å². The van der Waals surface area contributed by atoms with Gasteiger partial charge >= 0.3 is 0 Å². The number of rotatable bonds is 3. The number of nitrogens with zero attached hydrogens (tertiary/aromatic N) is 1. The molecule has 3 nitrogen and oxygen atoms in total. The molecule has 0 aliphatic rings. The number of nitroso groups, excluding NO2 is 1. The number of carbonyl (C=O) groups is 1. The molecule has 2 rings (SSSR count). The van der Waals surface area contributed by atoms with Crippen LogP contribution in [-0.4, -0.2) is 5.78 Å². The Balaban J connectivity index is 2.42. The summed E-state index contributed by atoms with van der Waals surface area (Å²) in [5.74, 6) is -0.160. The fourth-order valence-corrected chi connectivity index (χ4v) is 1.63. The Bertz CT molecular complexity index is 567. The highest BCUT2D eigenvalue weighted by atomic mass is 35.5. The highest BCUT2D eigenvalue weighted by molar-refractivity contribution is 6.33. The monoisotopic (exact) mass is 245 g/mol. The van der Waals surface area contributed by atoms with Crippen molar-refractivity contribution in [3.05, 3.63) is 69.6 Å². The molecule has 0 aromatic heterocycles. The summed E-state index contributed by atoms with van der Waals surface area (Å²) in [5, 5.41) is 3.01. The van der Waals surface area contributed by atoms with Gasteiger partial charge in [0, 0.05) is 11.1 Å². The molecule has 0 spiro atoms. The van der Waals surface area contributed by atoms with Gasteiger partial charge < -0.3 is 0 Å². The minimum atomic E-state index is -0.160. The number of hydrogen-bond donors (Lipinski definition) is 0. The maximum atomic E-state index is 12.0. The zero-order valence-corrected chi connectivity index (χ0v) is 9.52. The molecule has 0 N–H and O–H groups in total. The van der Waals surface area contributed by atoms with Gasteiger partial charge in [0.1, 0.15) is 5.69 Å². The van der Waals surface area contributed by atoms with E-state index in [1.54, 1.807) is 30.3 Å². The summed E-state index contributed by atoms with van der Waals surface area (Å²) in [6, 6.07) is 13.3. The molecule has 0 aliphatic carbocycles. The van der Waals surface area contributed by atoms with Crippen molar-refractivity contribution in [3.8, 4) is 0 Å². The van der Waals surface area contributed by atoms with E-state index >= 15 is 0 Å². The van der Waals surface area contributed by atoms with Crippen LogP contribution in [0.4, 0.5) is 5.69 Å². The Morgan fingerprint density at radius 1 is 1.00 bits per heavy atom. The lowest BCUT2D eigenvalue weighted by Crippen LogP contribution is -2.00. The first kappa shape index (κ1) is 11.5. The van der Waals surface area contributed by atoms with Crippen LogP contribution in [0.3, 0.4) is 0 Å². The average molecular weight is 246 g/mol. The Labute approximate surface area is 103 Å². The molecule has 0 aliphatic heterocycles. The van der Waals surface area contributed by atoms with Crippen LogP contribution < -0.4 is 0 Å². The third-order valence-electron chi connectivity index (χ3n) is 2.34. The topological polar surface area (TPSA) is 46.5 Å². The van der Waals surface area contributed by atoms with E-state index in [4.69, 9.17) is 11.6 Å². The molecular weight excluding hydrogens is 238 g/mol. The molecule has 0 fully saturated rings. The smallest absolute Gasteiger partial charge is 0.193 e. The molecule has 17 heavy (non-hydrogen) atoms. The Kier molecular flexibility index (Phi) is 3.30. The molecule has 0 atom stereocenters. The summed E-state index contributed by atoms with van der Waals surface area (Å²) in [6.45, 7) is 0. The van der Waals surface area contributed by atoms with Crippen LogP contribution in [0.5, 0.6) is 0 Å². The molecule has 0 bridgehead atoms. The van der Waals surface area contributed by atoms with Gasteiger partial charge in [-0.2, -0.15) is 0 Å². The quantitative estimate of drug-likeness (QED) is 0.607. The van der Waals surface area contributed by atoms with Gasteiger partial charge in [-0.25, -0.2) is 0 Å². The maximum absolute atomic E-state index is 12.0. The first-order chi connectivity index (χ1) is 8.22. The summed E-state index contributed by atoms with van der Waals surface area (Å²) < 4.78 is 0. The van der Waals surface area contributed by atoms with Gasteiger partial charge in [-0.3, -0.25) is 4.79 Å². The second kappa shape index (κ2) is 4.89. The van der Waals surface area contributed by atoms with Crippen LogP contribution in [0.2, 0.25) is 5.02 Å². The summed E-state index contributed by atoms with van der Waals surface area (Å²) in [5.41, 5.74) is 1.04. The fourth-order valence-electron chi connectivity index (χ4n) is 1.48. The normalized spacial score (nSPS) is 9.94. The maximum Gasteiger partial charge on any atom is 0.193 e. The number of benzene rings is 2. The van der Waals surface area contributed by atoms with E-state index < -0.39 is 0 Å². The minimum Gasteiger partial charge on any atom is -0.289 e. The molecule has 0 saturated carbocycles. The first-order valence-electron chi connectivity index (χ1n) is 4.95. The molecule has 0 saturated heterocycles. The third-order valence-corrected chi connectivity index (χ3v) is 2.66. The number of carbonyl (C=O) groups excluding carboxylic acids is 1. The molecular formula is C13H8ClNO2. The molecule has 0 amide bonds. The molecule has 0 radical (unpaired) electrons. The van der Waals surface area contributed by atoms with Gasteiger partial charge in [-0.1, -0.05) is 41.9 Å². The van der Waals surface area contributed by atoms with Crippen molar-refractivity contribution < 1.29 is 4.79 Å². The van der Waals surface area contributed by atoms with E-state index in [-0.39, 0.29) is 16.5 Å². The minimum absolute atomic E-state index is 0.0773. The Morgan fingerprint density at radius 3 is 2.35 bits per heavy atom. The van der Waals surface area contributed by atoms with E-state index in [1.807, 2.05) is 6.07 Å². The first-order valence-corrected chi connectivity index (χ1v) is 5.33. The molecule has 0 unspecified atom stereocenters. The zero-order chi connectivity index (χ0) is 12.3. The van der Waals surface area contributed by atoms with E-state index in [2.05, 4.69) is 5.18 Å². The van der Waals surface area contributed by atoms with Gasteiger partial charge in [0.15, 0.2) is 5.78 Å². The summed E-state index contributed by atoms with van der Waals surface area (Å²) >= 11 is 5.74. The SMILES string of the molecule is O=Nc1cc(C(=O)c2ccccc2)ccc1Cl. The van der Waals surface area contributed by atoms with Crippen molar-refractivity contribution in [3.63, 3.8) is 0 Å². The van der Waals surface area contributed by atoms with Crippen LogP contribution in [0.25, 0.3) is 0 Å². The van der Waals surface area contributed by atoms with Crippen molar-refractivity contribution in [2.45, 2.75) is 0 Å². The van der Waals surface area contributed by atoms with E-state index in [1.165, 1.54) is 12.1 Å². The summed E-state index contributed by atoms with van der Waals surface area (Å²) in [4.78, 5) is 22.5. The van der Waals surface area contributed by atoms with Crippen molar-refractivity contribution in [2.24, 2.45) is 5.18 Å². The van der Waals surface area contributed by atoms with Gasteiger partial charge in [0.05, 0.1) is 5.02 Å². The lowest BCUT2D eigenvalue weighted by molar-refractivity contribution is 0.103. The molecule has 0 heterocycles. The van der Waals surface area contributed by atoms with Crippen LogP contribution in [-0.2, 0) is 0 Å². The molecule has 2 aromatic carbocycles. The van der Waals surface area contributed by atoms with E-state index in [0.717, 1.165) is 0 Å². The molecule has 84 valence electrons. The van der Waals surface area contributed by atoms with Gasteiger partial charge in [-0.15, -0.1) is 4.91 Å². The third kappa shape index (κ3) is 2.40. The van der Waals surface area contributed by atoms with Crippen molar-refractivity contribution in [1.29, 1.82) is 0 Å². The van der Waals surface area contributed by atoms with Gasteiger partial charge in [-0.05, 0) is 23.4 Å². The number of hydrogen-bond acceptors (Lipinski definition) is 3. The number of ketones is 1. The van der Waals surface area contributed by atoms with Crippen molar-refractivity contribution in [1.82, 2.24) is 0 Å². The molecule has 2 aromatic rings. The summed E-state index contributed by atoms with van der Waals surface area (Å²) in [7, 11) is 0. The number of halogens is 1. The second-order valence-corrected chi connectivity index (χ2v) is 3.86. The average Bonchev–Trinajstić information content (AvgIpc) is 2.39. The Morgan fingerprint density at radius 2 is 1.71 bits per heavy atom. The summed E-state index contributed by atoms with van der Waals surface area (Å²) in [6.07, 6.45) is 0. The van der Waals surface area contributed by atoms with Crippen LogP contribution in [0.1, 0.15) is 15.9 Å². The van der Waals surface area contributed by atoms with Crippen LogP contribution in [0, 0.1) is 4.91 Å². The fraction of sp³-hybridized carbons (Fsp3) is 0. The standard InChI is InChI=1S/C13H8ClNO2/c14-11-7-6-10(8-12(11)15-17)13(16)9-4-2-1-3-5-9/h1-8H. The van der Waals surface area contributed by atoms with Gasteiger partial charge in [0.2, 0.25) is 0 Å². The predicted molar refractivity (Wildman–Crippen MR) is 66.8 cm³/mol. The molecule has 4 heteroatoms. The Hall–Kier alpha value is -2.00. The van der Waals surface area contributed by atoms with E-state index in [9.17, 15) is 9.70 Å². The lowest BCUT2D eigenvalue weighted by atomic mass is 10.0. The van der Waals surface area contributed by atoms with Crippen LogP contribution in [0.15, 0.2) is 53.7 Å². The largest absolute Gasteiger partial charge is 0.289 e. The van der Waals surface area contributed by atoms with Crippen LogP contribution >= 0.6 is 11.6 Å². The predicted octanol–water partition coefficient (Wildman–Crippen LogP) is 3.97. The lowest BCUT2D eigenvalue weighted by Gasteiger charge is -2.02.